The van der Waals surface area contributed by atoms with Crippen LogP contribution in [0.3, 0.4) is 0 Å². The van der Waals surface area contributed by atoms with Crippen molar-refractivity contribution in [3.8, 4) is 0 Å². The molecule has 2 rings (SSSR count). The second-order valence-electron chi connectivity index (χ2n) is 4.56. The Labute approximate surface area is 122 Å². The van der Waals surface area contributed by atoms with Crippen LogP contribution in [0.4, 0.5) is 0 Å². The fraction of sp³-hybridized carbons (Fsp3) is 0.286. The molecule has 0 aliphatic carbocycles. The van der Waals surface area contributed by atoms with E-state index in [0.29, 0.717) is 16.5 Å². The van der Waals surface area contributed by atoms with Crippen LogP contribution in [-0.2, 0) is 18.4 Å². The van der Waals surface area contributed by atoms with E-state index in [4.69, 9.17) is 11.6 Å². The molecule has 1 N–H and O–H groups in total. The third-order valence-corrected chi connectivity index (χ3v) is 3.48. The molecule has 2 aromatic rings. The van der Waals surface area contributed by atoms with Gasteiger partial charge < -0.3 is 14.6 Å². The smallest absolute Gasteiger partial charge is 0.256 e. The van der Waals surface area contributed by atoms with Crippen molar-refractivity contribution in [3.63, 3.8) is 0 Å². The standard InChI is InChI=1S/C14H16ClN3O2/c1-17(9-12-16-8-11(15)18(12)2)14(20)13(19)10-6-4-3-5-7-10/h3-8,13,19H,9H2,1-2H3. The first-order valence-electron chi connectivity index (χ1n) is 6.14. The number of aromatic nitrogens is 2. The van der Waals surface area contributed by atoms with Crippen molar-refractivity contribution < 1.29 is 9.90 Å². The summed E-state index contributed by atoms with van der Waals surface area (Å²) in [6, 6.07) is 8.83. The summed E-state index contributed by atoms with van der Waals surface area (Å²) in [4.78, 5) is 17.7. The monoisotopic (exact) mass is 293 g/mol. The van der Waals surface area contributed by atoms with E-state index in [1.807, 2.05) is 6.07 Å². The van der Waals surface area contributed by atoms with Gasteiger partial charge in [-0.25, -0.2) is 4.98 Å². The maximum Gasteiger partial charge on any atom is 0.256 e. The van der Waals surface area contributed by atoms with Crippen molar-refractivity contribution in [1.29, 1.82) is 0 Å². The molecule has 20 heavy (non-hydrogen) atoms. The van der Waals surface area contributed by atoms with Crippen molar-refractivity contribution in [2.45, 2.75) is 12.6 Å². The van der Waals surface area contributed by atoms with Crippen LogP contribution in [0.1, 0.15) is 17.5 Å². The highest BCUT2D eigenvalue weighted by Crippen LogP contribution is 2.16. The molecule has 0 fully saturated rings. The Hall–Kier alpha value is -1.85. The first kappa shape index (κ1) is 14.6. The Kier molecular flexibility index (Phi) is 4.42. The average molecular weight is 294 g/mol. The van der Waals surface area contributed by atoms with Crippen molar-refractivity contribution in [3.05, 3.63) is 53.1 Å². The number of hydrogen-bond acceptors (Lipinski definition) is 3. The van der Waals surface area contributed by atoms with Gasteiger partial charge in [0, 0.05) is 14.1 Å². The molecule has 106 valence electrons. The summed E-state index contributed by atoms with van der Waals surface area (Å²) in [7, 11) is 3.40. The van der Waals surface area contributed by atoms with E-state index in [1.165, 1.54) is 11.1 Å². The lowest BCUT2D eigenvalue weighted by Gasteiger charge is -2.20. The predicted molar refractivity (Wildman–Crippen MR) is 76.1 cm³/mol. The van der Waals surface area contributed by atoms with Gasteiger partial charge >= 0.3 is 0 Å². The number of carbonyl (C=O) groups excluding carboxylic acids is 1. The number of imidazole rings is 1. The zero-order valence-electron chi connectivity index (χ0n) is 11.3. The second-order valence-corrected chi connectivity index (χ2v) is 4.95. The van der Waals surface area contributed by atoms with Crippen LogP contribution in [0, 0.1) is 0 Å². The highest BCUT2D eigenvalue weighted by molar-refractivity contribution is 6.29. The molecule has 0 spiro atoms. The summed E-state index contributed by atoms with van der Waals surface area (Å²) in [6.07, 6.45) is 0.361. The highest BCUT2D eigenvalue weighted by Gasteiger charge is 2.22. The molecule has 0 saturated heterocycles. The lowest BCUT2D eigenvalue weighted by Crippen LogP contribution is -2.32. The molecule has 0 aliphatic heterocycles. The minimum atomic E-state index is -1.17. The van der Waals surface area contributed by atoms with E-state index in [0.717, 1.165) is 0 Å². The van der Waals surface area contributed by atoms with E-state index in [-0.39, 0.29) is 12.5 Å². The molecule has 0 radical (unpaired) electrons. The number of rotatable bonds is 4. The molecule has 1 aromatic heterocycles. The molecule has 0 saturated carbocycles. The number of likely N-dealkylation sites (N-methyl/N-ethyl adjacent to an activating group) is 1. The summed E-state index contributed by atoms with van der Waals surface area (Å²) in [5, 5.41) is 10.6. The van der Waals surface area contributed by atoms with E-state index in [1.54, 1.807) is 42.9 Å². The fourth-order valence-electron chi connectivity index (χ4n) is 1.85. The van der Waals surface area contributed by atoms with E-state index in [2.05, 4.69) is 4.98 Å². The normalized spacial score (nSPS) is 12.2. The van der Waals surface area contributed by atoms with Gasteiger partial charge in [-0.05, 0) is 5.56 Å². The quantitative estimate of drug-likeness (QED) is 0.934. The van der Waals surface area contributed by atoms with Crippen LogP contribution in [-0.4, -0.2) is 32.5 Å². The predicted octanol–water partition coefficient (Wildman–Crippen LogP) is 1.77. The molecular formula is C14H16ClN3O2. The van der Waals surface area contributed by atoms with Crippen LogP contribution >= 0.6 is 11.6 Å². The van der Waals surface area contributed by atoms with E-state index < -0.39 is 6.10 Å². The van der Waals surface area contributed by atoms with E-state index in [9.17, 15) is 9.90 Å². The minimum absolute atomic E-state index is 0.284. The fourth-order valence-corrected chi connectivity index (χ4v) is 1.99. The van der Waals surface area contributed by atoms with Crippen LogP contribution in [0.15, 0.2) is 36.5 Å². The molecule has 1 aromatic carbocycles. The average Bonchev–Trinajstić information content (AvgIpc) is 2.78. The van der Waals surface area contributed by atoms with Gasteiger partial charge in [0.15, 0.2) is 6.10 Å². The van der Waals surface area contributed by atoms with Crippen LogP contribution in [0.25, 0.3) is 0 Å². The number of aliphatic hydroxyl groups is 1. The summed E-state index contributed by atoms with van der Waals surface area (Å²) < 4.78 is 1.69. The summed E-state index contributed by atoms with van der Waals surface area (Å²) in [5.41, 5.74) is 0.572. The highest BCUT2D eigenvalue weighted by atomic mass is 35.5. The van der Waals surface area contributed by atoms with Gasteiger partial charge in [0.05, 0.1) is 12.7 Å². The van der Waals surface area contributed by atoms with Gasteiger partial charge in [-0.3, -0.25) is 4.79 Å². The second kappa shape index (κ2) is 6.07. The maximum absolute atomic E-state index is 12.2. The summed E-state index contributed by atoms with van der Waals surface area (Å²) >= 11 is 5.90. The van der Waals surface area contributed by atoms with Gasteiger partial charge in [0.2, 0.25) is 0 Å². The topological polar surface area (TPSA) is 58.4 Å². The number of benzene rings is 1. The third kappa shape index (κ3) is 3.00. The third-order valence-electron chi connectivity index (χ3n) is 3.13. The van der Waals surface area contributed by atoms with Crippen molar-refractivity contribution in [2.75, 3.05) is 7.05 Å². The SMILES string of the molecule is CN(Cc1ncc(Cl)n1C)C(=O)C(O)c1ccccc1. The van der Waals surface area contributed by atoms with Crippen LogP contribution in [0.2, 0.25) is 5.15 Å². The van der Waals surface area contributed by atoms with Gasteiger partial charge in [-0.1, -0.05) is 41.9 Å². The van der Waals surface area contributed by atoms with Crippen LogP contribution in [0.5, 0.6) is 0 Å². The molecule has 0 bridgehead atoms. The first-order valence-corrected chi connectivity index (χ1v) is 6.52. The molecule has 1 heterocycles. The van der Waals surface area contributed by atoms with Gasteiger partial charge in [0.25, 0.3) is 5.91 Å². The van der Waals surface area contributed by atoms with E-state index >= 15 is 0 Å². The number of halogens is 1. The molecule has 5 nitrogen and oxygen atoms in total. The first-order chi connectivity index (χ1) is 9.50. The van der Waals surface area contributed by atoms with Crippen molar-refractivity contribution >= 4 is 17.5 Å². The summed E-state index contributed by atoms with van der Waals surface area (Å²) in [5.74, 6) is 0.279. The number of hydrogen-bond donors (Lipinski definition) is 1. The van der Waals surface area contributed by atoms with Crippen molar-refractivity contribution in [2.24, 2.45) is 7.05 Å². The molecular weight excluding hydrogens is 278 g/mol. The molecule has 1 unspecified atom stereocenters. The maximum atomic E-state index is 12.2. The summed E-state index contributed by atoms with van der Waals surface area (Å²) in [6.45, 7) is 0.284. The van der Waals surface area contributed by atoms with Crippen molar-refractivity contribution in [1.82, 2.24) is 14.5 Å². The van der Waals surface area contributed by atoms with Gasteiger partial charge in [-0.15, -0.1) is 0 Å². The van der Waals surface area contributed by atoms with Gasteiger partial charge in [0.1, 0.15) is 11.0 Å². The minimum Gasteiger partial charge on any atom is -0.378 e. The molecule has 1 amide bonds. The number of carbonyl (C=O) groups is 1. The Morgan fingerprint density at radius 1 is 1.45 bits per heavy atom. The Morgan fingerprint density at radius 2 is 2.10 bits per heavy atom. The number of aliphatic hydroxyl groups excluding tert-OH is 1. The van der Waals surface area contributed by atoms with Gasteiger partial charge in [-0.2, -0.15) is 0 Å². The van der Waals surface area contributed by atoms with Crippen LogP contribution < -0.4 is 0 Å². The molecule has 6 heteroatoms. The number of amides is 1. The Balaban J connectivity index is 2.07. The molecule has 0 aliphatic rings. The largest absolute Gasteiger partial charge is 0.378 e. The Morgan fingerprint density at radius 3 is 2.65 bits per heavy atom. The lowest BCUT2D eigenvalue weighted by atomic mass is 10.1. The Bertz CT molecular complexity index is 598. The molecule has 1 atom stereocenters. The zero-order valence-corrected chi connectivity index (χ0v) is 12.1. The number of nitrogens with zero attached hydrogens (tertiary/aromatic N) is 3. The lowest BCUT2D eigenvalue weighted by molar-refractivity contribution is -0.139. The zero-order chi connectivity index (χ0) is 14.7.